The lowest BCUT2D eigenvalue weighted by molar-refractivity contribution is -0.160. The number of hydrogen-bond donors (Lipinski definition) is 1. The molecule has 0 radical (unpaired) electrons. The molecule has 1 N–H and O–H groups in total. The van der Waals surface area contributed by atoms with E-state index in [1.807, 2.05) is 0 Å². The minimum Gasteiger partial charge on any atom is -0.494 e. The summed E-state index contributed by atoms with van der Waals surface area (Å²) in [5, 5.41) is 9.18. The SMILES string of the molecule is O=C(O)/C(=C/c1ccccc1)C(F)(F)Oc1ccc(OCCCCCF)cc1. The van der Waals surface area contributed by atoms with Gasteiger partial charge in [0.15, 0.2) is 0 Å². The van der Waals surface area contributed by atoms with E-state index in [1.54, 1.807) is 18.2 Å². The predicted octanol–water partition coefficient (Wildman–Crippen LogP) is 5.35. The fourth-order valence-electron chi connectivity index (χ4n) is 2.36. The van der Waals surface area contributed by atoms with Gasteiger partial charge in [-0.3, -0.25) is 4.39 Å². The lowest BCUT2D eigenvalue weighted by Crippen LogP contribution is -2.31. The van der Waals surface area contributed by atoms with E-state index >= 15 is 0 Å². The Morgan fingerprint density at radius 3 is 2.21 bits per heavy atom. The molecule has 0 unspecified atom stereocenters. The Balaban J connectivity index is 2.03. The summed E-state index contributed by atoms with van der Waals surface area (Å²) >= 11 is 0. The summed E-state index contributed by atoms with van der Waals surface area (Å²) in [4.78, 5) is 11.3. The van der Waals surface area contributed by atoms with Crippen LogP contribution in [-0.2, 0) is 4.79 Å². The zero-order chi connectivity index (χ0) is 20.4. The van der Waals surface area contributed by atoms with Crippen molar-refractivity contribution in [1.29, 1.82) is 0 Å². The lowest BCUT2D eigenvalue weighted by Gasteiger charge is -2.19. The number of carboxylic acid groups (broad SMARTS) is 1. The van der Waals surface area contributed by atoms with Crippen LogP contribution in [-0.4, -0.2) is 30.5 Å². The number of hydrogen-bond acceptors (Lipinski definition) is 3. The van der Waals surface area contributed by atoms with Crippen LogP contribution in [0.15, 0.2) is 60.2 Å². The maximum atomic E-state index is 14.4. The average Bonchev–Trinajstić information content (AvgIpc) is 2.67. The topological polar surface area (TPSA) is 55.8 Å². The van der Waals surface area contributed by atoms with E-state index in [-0.39, 0.29) is 12.4 Å². The molecule has 28 heavy (non-hydrogen) atoms. The molecular formula is C21H21F3O4. The normalized spacial score (nSPS) is 11.9. The monoisotopic (exact) mass is 394 g/mol. The number of unbranched alkanes of at least 4 members (excludes halogenated alkanes) is 2. The number of ether oxygens (including phenoxy) is 2. The van der Waals surface area contributed by atoms with Gasteiger partial charge in [0.2, 0.25) is 0 Å². The molecule has 0 spiro atoms. The van der Waals surface area contributed by atoms with E-state index < -0.39 is 17.7 Å². The summed E-state index contributed by atoms with van der Waals surface area (Å²) in [6, 6.07) is 13.4. The molecule has 2 rings (SSSR count). The average molecular weight is 394 g/mol. The second-order valence-corrected chi connectivity index (χ2v) is 5.96. The van der Waals surface area contributed by atoms with Gasteiger partial charge in [-0.25, -0.2) is 4.79 Å². The van der Waals surface area contributed by atoms with Gasteiger partial charge in [-0.1, -0.05) is 30.3 Å². The van der Waals surface area contributed by atoms with Gasteiger partial charge in [0.1, 0.15) is 17.1 Å². The van der Waals surface area contributed by atoms with Crippen molar-refractivity contribution < 1.29 is 32.5 Å². The maximum Gasteiger partial charge on any atom is 0.433 e. The largest absolute Gasteiger partial charge is 0.494 e. The molecule has 2 aromatic carbocycles. The molecule has 150 valence electrons. The Morgan fingerprint density at radius 1 is 0.964 bits per heavy atom. The van der Waals surface area contributed by atoms with Crippen LogP contribution < -0.4 is 9.47 Å². The van der Waals surface area contributed by atoms with Crippen LogP contribution in [0, 0.1) is 0 Å². The van der Waals surface area contributed by atoms with Gasteiger partial charge in [-0.05, 0) is 55.2 Å². The highest BCUT2D eigenvalue weighted by Gasteiger charge is 2.42. The van der Waals surface area contributed by atoms with Gasteiger partial charge in [-0.15, -0.1) is 0 Å². The summed E-state index contributed by atoms with van der Waals surface area (Å²) in [6.07, 6.45) is -1.29. The fraction of sp³-hybridized carbons (Fsp3) is 0.286. The standard InChI is InChI=1S/C21H21F3O4/c22-13-5-2-6-14-27-17-9-11-18(12-10-17)28-21(23,24)19(20(25)26)15-16-7-3-1-4-8-16/h1,3-4,7-12,15H,2,5-6,13-14H2,(H,25,26)/b19-15-. The Labute approximate surface area is 161 Å². The van der Waals surface area contributed by atoms with Gasteiger partial charge in [0.25, 0.3) is 0 Å². The van der Waals surface area contributed by atoms with E-state index in [0.29, 0.717) is 37.2 Å². The van der Waals surface area contributed by atoms with Crippen molar-refractivity contribution >= 4 is 12.0 Å². The summed E-state index contributed by atoms with van der Waals surface area (Å²) in [5.41, 5.74) is -0.855. The van der Waals surface area contributed by atoms with Crippen molar-refractivity contribution in [2.45, 2.75) is 25.4 Å². The fourth-order valence-corrected chi connectivity index (χ4v) is 2.36. The van der Waals surface area contributed by atoms with Crippen molar-refractivity contribution in [3.63, 3.8) is 0 Å². The van der Waals surface area contributed by atoms with E-state index in [2.05, 4.69) is 4.74 Å². The number of carboxylic acids is 1. The summed E-state index contributed by atoms with van der Waals surface area (Å²) in [5.74, 6) is -1.52. The van der Waals surface area contributed by atoms with Crippen molar-refractivity contribution in [1.82, 2.24) is 0 Å². The van der Waals surface area contributed by atoms with Crippen LogP contribution in [0.5, 0.6) is 11.5 Å². The van der Waals surface area contributed by atoms with Gasteiger partial charge in [0, 0.05) is 0 Å². The summed E-state index contributed by atoms with van der Waals surface area (Å²) < 4.78 is 50.9. The van der Waals surface area contributed by atoms with Gasteiger partial charge < -0.3 is 14.6 Å². The van der Waals surface area contributed by atoms with Gasteiger partial charge >= 0.3 is 12.1 Å². The predicted molar refractivity (Wildman–Crippen MR) is 99.4 cm³/mol. The first kappa shape index (κ1) is 21.3. The lowest BCUT2D eigenvalue weighted by atomic mass is 10.1. The van der Waals surface area contributed by atoms with Crippen molar-refractivity contribution in [3.8, 4) is 11.5 Å². The van der Waals surface area contributed by atoms with Crippen LogP contribution in [0.3, 0.4) is 0 Å². The van der Waals surface area contributed by atoms with Crippen molar-refractivity contribution in [2.75, 3.05) is 13.3 Å². The molecular weight excluding hydrogens is 373 g/mol. The van der Waals surface area contributed by atoms with E-state index in [0.717, 1.165) is 6.08 Å². The third kappa shape index (κ3) is 6.64. The van der Waals surface area contributed by atoms with E-state index in [4.69, 9.17) is 4.74 Å². The highest BCUT2D eigenvalue weighted by Crippen LogP contribution is 2.31. The van der Waals surface area contributed by atoms with Gasteiger partial charge in [-0.2, -0.15) is 8.78 Å². The molecule has 7 heteroatoms. The smallest absolute Gasteiger partial charge is 0.433 e. The first-order valence-corrected chi connectivity index (χ1v) is 8.78. The van der Waals surface area contributed by atoms with Crippen LogP contribution in [0.25, 0.3) is 6.08 Å². The zero-order valence-electron chi connectivity index (χ0n) is 15.1. The molecule has 0 amide bonds. The molecule has 4 nitrogen and oxygen atoms in total. The first-order valence-electron chi connectivity index (χ1n) is 8.78. The highest BCUT2D eigenvalue weighted by molar-refractivity contribution is 5.93. The molecule has 2 aromatic rings. The molecule has 0 heterocycles. The number of benzene rings is 2. The van der Waals surface area contributed by atoms with Crippen molar-refractivity contribution in [3.05, 3.63) is 65.7 Å². The minimum absolute atomic E-state index is 0.199. The third-order valence-corrected chi connectivity index (χ3v) is 3.77. The number of alkyl halides is 3. The van der Waals surface area contributed by atoms with Crippen molar-refractivity contribution in [2.24, 2.45) is 0 Å². The Bertz CT molecular complexity index is 774. The minimum atomic E-state index is -4.03. The van der Waals surface area contributed by atoms with Crippen LogP contribution in [0.4, 0.5) is 13.2 Å². The number of carbonyl (C=O) groups is 1. The summed E-state index contributed by atoms with van der Waals surface area (Å²) in [7, 11) is 0. The van der Waals surface area contributed by atoms with Crippen LogP contribution in [0.2, 0.25) is 0 Å². The molecule has 0 saturated carbocycles. The molecule has 0 bridgehead atoms. The maximum absolute atomic E-state index is 14.4. The summed E-state index contributed by atoms with van der Waals surface area (Å²) in [6.45, 7) is 0.0244. The van der Waals surface area contributed by atoms with Gasteiger partial charge in [0.05, 0.1) is 13.3 Å². The first-order chi connectivity index (χ1) is 13.4. The zero-order valence-corrected chi connectivity index (χ0v) is 15.1. The van der Waals surface area contributed by atoms with Crippen LogP contribution >= 0.6 is 0 Å². The molecule has 0 saturated heterocycles. The molecule has 0 aliphatic heterocycles. The Kier molecular flexibility index (Phi) is 7.92. The highest BCUT2D eigenvalue weighted by atomic mass is 19.3. The third-order valence-electron chi connectivity index (χ3n) is 3.77. The number of rotatable bonds is 11. The molecule has 0 aliphatic carbocycles. The second-order valence-electron chi connectivity index (χ2n) is 5.96. The van der Waals surface area contributed by atoms with E-state index in [9.17, 15) is 23.1 Å². The molecule has 0 aromatic heterocycles. The van der Waals surface area contributed by atoms with Crippen LogP contribution in [0.1, 0.15) is 24.8 Å². The number of aliphatic carboxylic acids is 1. The molecule has 0 aliphatic rings. The quantitative estimate of drug-likeness (QED) is 0.413. The molecule has 0 atom stereocenters. The second kappa shape index (κ2) is 10.4. The Morgan fingerprint density at radius 2 is 1.61 bits per heavy atom. The number of halogens is 3. The molecule has 0 fully saturated rings. The van der Waals surface area contributed by atoms with E-state index in [1.165, 1.54) is 36.4 Å². The Hall–Kier alpha value is -2.96.